The first-order valence-electron chi connectivity index (χ1n) is 6.04. The van der Waals surface area contributed by atoms with Crippen LogP contribution in [0.3, 0.4) is 0 Å². The largest absolute Gasteiger partial charge is 0.476 e. The summed E-state index contributed by atoms with van der Waals surface area (Å²) in [4.78, 5) is 12.2. The van der Waals surface area contributed by atoms with Crippen LogP contribution < -0.4 is 15.8 Å². The number of anilines is 2. The molecule has 0 amide bonds. The number of ether oxygens (including phenoxy) is 1. The lowest BCUT2D eigenvalue weighted by atomic mass is 10.3. The normalized spacial score (nSPS) is 12.2. The molecule has 1 unspecified atom stereocenters. The van der Waals surface area contributed by atoms with Crippen LogP contribution in [0, 0.1) is 6.92 Å². The topological polar surface area (TPSA) is 99.1 Å². The van der Waals surface area contributed by atoms with Gasteiger partial charge in [0.15, 0.2) is 5.82 Å². The maximum absolute atomic E-state index is 5.94. The van der Waals surface area contributed by atoms with Gasteiger partial charge in [0, 0.05) is 0 Å². The third kappa shape index (κ3) is 2.93. The van der Waals surface area contributed by atoms with Crippen LogP contribution in [0.25, 0.3) is 0 Å². The molecular formula is C12H17N5O2. The molecule has 0 bridgehead atoms. The molecule has 7 heteroatoms. The monoisotopic (exact) mass is 263 g/mol. The second-order valence-electron chi connectivity index (χ2n) is 4.05. The summed E-state index contributed by atoms with van der Waals surface area (Å²) in [7, 11) is 0. The van der Waals surface area contributed by atoms with E-state index >= 15 is 0 Å². The number of aryl methyl sites for hydroxylation is 1. The van der Waals surface area contributed by atoms with Crippen molar-refractivity contribution in [2.45, 2.75) is 26.8 Å². The van der Waals surface area contributed by atoms with E-state index in [4.69, 9.17) is 14.9 Å². The lowest BCUT2D eigenvalue weighted by Gasteiger charge is -2.14. The van der Waals surface area contributed by atoms with E-state index < -0.39 is 0 Å². The third-order valence-corrected chi connectivity index (χ3v) is 2.49. The zero-order valence-electron chi connectivity index (χ0n) is 11.2. The van der Waals surface area contributed by atoms with Crippen LogP contribution in [-0.4, -0.2) is 21.6 Å². The number of oxazole rings is 1. The van der Waals surface area contributed by atoms with Crippen LogP contribution >= 0.6 is 0 Å². The molecule has 2 rings (SSSR count). The molecule has 0 saturated carbocycles. The highest BCUT2D eigenvalue weighted by atomic mass is 16.5. The van der Waals surface area contributed by atoms with Crippen molar-refractivity contribution in [1.29, 1.82) is 0 Å². The van der Waals surface area contributed by atoms with Crippen LogP contribution in [0.1, 0.15) is 31.5 Å². The molecule has 7 nitrogen and oxygen atoms in total. The van der Waals surface area contributed by atoms with Gasteiger partial charge in [0.25, 0.3) is 0 Å². The van der Waals surface area contributed by atoms with Gasteiger partial charge in [0.05, 0.1) is 12.8 Å². The lowest BCUT2D eigenvalue weighted by molar-refractivity contribution is 0.328. The zero-order valence-corrected chi connectivity index (χ0v) is 11.2. The molecule has 0 saturated heterocycles. The van der Waals surface area contributed by atoms with E-state index in [1.807, 2.05) is 20.8 Å². The SMILES string of the molecule is CCOc1ncnc(NC(C)c2ncc(C)o2)c1N. The number of hydrogen-bond acceptors (Lipinski definition) is 7. The molecule has 0 fully saturated rings. The van der Waals surface area contributed by atoms with Crippen molar-refractivity contribution in [1.82, 2.24) is 15.0 Å². The highest BCUT2D eigenvalue weighted by Gasteiger charge is 2.15. The first-order chi connectivity index (χ1) is 9.11. The summed E-state index contributed by atoms with van der Waals surface area (Å²) in [5.74, 6) is 2.21. The van der Waals surface area contributed by atoms with E-state index in [1.54, 1.807) is 6.20 Å². The number of rotatable bonds is 5. The lowest BCUT2D eigenvalue weighted by Crippen LogP contribution is -2.11. The van der Waals surface area contributed by atoms with Gasteiger partial charge in [-0.05, 0) is 20.8 Å². The first-order valence-corrected chi connectivity index (χ1v) is 6.04. The molecule has 0 radical (unpaired) electrons. The van der Waals surface area contributed by atoms with Crippen molar-refractivity contribution < 1.29 is 9.15 Å². The number of nitrogen functional groups attached to an aromatic ring is 1. The number of aromatic nitrogens is 3. The summed E-state index contributed by atoms with van der Waals surface area (Å²) in [6.45, 7) is 6.12. The molecule has 0 aromatic carbocycles. The standard InChI is InChI=1S/C12H17N5O2/c1-4-18-12-9(13)10(15-6-16-12)17-8(3)11-14-5-7(2)19-11/h5-6,8H,4,13H2,1-3H3,(H,15,16,17). The first kappa shape index (κ1) is 13.1. The second kappa shape index (κ2) is 5.55. The van der Waals surface area contributed by atoms with E-state index in [1.165, 1.54) is 6.33 Å². The van der Waals surface area contributed by atoms with Crippen molar-refractivity contribution in [2.75, 3.05) is 17.7 Å². The Kier molecular flexibility index (Phi) is 3.84. The Bertz CT molecular complexity index is 555. The van der Waals surface area contributed by atoms with Crippen molar-refractivity contribution in [3.05, 3.63) is 24.2 Å². The van der Waals surface area contributed by atoms with Crippen molar-refractivity contribution in [3.8, 4) is 5.88 Å². The fourth-order valence-corrected chi connectivity index (χ4v) is 1.59. The summed E-state index contributed by atoms with van der Waals surface area (Å²) in [6, 6.07) is -0.152. The minimum atomic E-state index is -0.152. The predicted molar refractivity (Wildman–Crippen MR) is 70.9 cm³/mol. The molecule has 2 heterocycles. The van der Waals surface area contributed by atoms with E-state index in [-0.39, 0.29) is 6.04 Å². The molecule has 3 N–H and O–H groups in total. The number of nitrogens with one attached hydrogen (secondary N) is 1. The average molecular weight is 263 g/mol. The minimum absolute atomic E-state index is 0.152. The Morgan fingerprint density at radius 1 is 1.42 bits per heavy atom. The van der Waals surface area contributed by atoms with Gasteiger partial charge in [-0.1, -0.05) is 0 Å². The molecule has 2 aromatic rings. The predicted octanol–water partition coefficient (Wildman–Crippen LogP) is 1.93. The summed E-state index contributed by atoms with van der Waals surface area (Å²) >= 11 is 0. The molecule has 1 atom stereocenters. The summed E-state index contributed by atoms with van der Waals surface area (Å²) in [5.41, 5.74) is 6.31. The Morgan fingerprint density at radius 2 is 2.21 bits per heavy atom. The summed E-state index contributed by atoms with van der Waals surface area (Å²) in [6.07, 6.45) is 3.07. The van der Waals surface area contributed by atoms with Crippen molar-refractivity contribution in [2.24, 2.45) is 0 Å². The van der Waals surface area contributed by atoms with Gasteiger partial charge in [-0.2, -0.15) is 4.98 Å². The molecule has 102 valence electrons. The maximum atomic E-state index is 5.94. The third-order valence-electron chi connectivity index (χ3n) is 2.49. The van der Waals surface area contributed by atoms with Crippen LogP contribution in [0.4, 0.5) is 11.5 Å². The fourth-order valence-electron chi connectivity index (χ4n) is 1.59. The summed E-state index contributed by atoms with van der Waals surface area (Å²) in [5, 5.41) is 3.13. The second-order valence-corrected chi connectivity index (χ2v) is 4.05. The van der Waals surface area contributed by atoms with Gasteiger partial charge in [-0.15, -0.1) is 0 Å². The number of hydrogen-bond donors (Lipinski definition) is 2. The van der Waals surface area contributed by atoms with E-state index in [0.29, 0.717) is 29.9 Å². The Balaban J connectivity index is 2.16. The van der Waals surface area contributed by atoms with E-state index in [0.717, 1.165) is 5.76 Å². The van der Waals surface area contributed by atoms with Gasteiger partial charge in [0.1, 0.15) is 23.8 Å². The molecule has 19 heavy (non-hydrogen) atoms. The van der Waals surface area contributed by atoms with E-state index in [9.17, 15) is 0 Å². The quantitative estimate of drug-likeness (QED) is 0.850. The van der Waals surface area contributed by atoms with Gasteiger partial charge in [0.2, 0.25) is 11.8 Å². The van der Waals surface area contributed by atoms with Crippen LogP contribution in [0.5, 0.6) is 5.88 Å². The molecule has 0 aliphatic rings. The van der Waals surface area contributed by atoms with E-state index in [2.05, 4.69) is 20.3 Å². The molecule has 2 aromatic heterocycles. The van der Waals surface area contributed by atoms with Crippen LogP contribution in [0.15, 0.2) is 16.9 Å². The molecule has 0 aliphatic carbocycles. The van der Waals surface area contributed by atoms with Gasteiger partial charge < -0.3 is 20.2 Å². The minimum Gasteiger partial charge on any atom is -0.476 e. The molecular weight excluding hydrogens is 246 g/mol. The Morgan fingerprint density at radius 3 is 2.84 bits per heavy atom. The maximum Gasteiger partial charge on any atom is 0.242 e. The zero-order chi connectivity index (χ0) is 13.8. The van der Waals surface area contributed by atoms with Crippen LogP contribution in [0.2, 0.25) is 0 Å². The fraction of sp³-hybridized carbons (Fsp3) is 0.417. The van der Waals surface area contributed by atoms with Gasteiger partial charge in [-0.25, -0.2) is 9.97 Å². The number of nitrogens with two attached hydrogens (primary N) is 1. The highest BCUT2D eigenvalue weighted by molar-refractivity contribution is 5.66. The van der Waals surface area contributed by atoms with Gasteiger partial charge in [-0.3, -0.25) is 0 Å². The van der Waals surface area contributed by atoms with Crippen molar-refractivity contribution >= 4 is 11.5 Å². The van der Waals surface area contributed by atoms with Crippen LogP contribution in [-0.2, 0) is 0 Å². The smallest absolute Gasteiger partial charge is 0.242 e. The van der Waals surface area contributed by atoms with Gasteiger partial charge >= 0.3 is 0 Å². The molecule has 0 spiro atoms. The highest BCUT2D eigenvalue weighted by Crippen LogP contribution is 2.27. The Hall–Kier alpha value is -2.31. The Labute approximate surface area is 111 Å². The van der Waals surface area contributed by atoms with Crippen molar-refractivity contribution in [3.63, 3.8) is 0 Å². The average Bonchev–Trinajstić information content (AvgIpc) is 2.81. The number of nitrogens with zero attached hydrogens (tertiary/aromatic N) is 3. The summed E-state index contributed by atoms with van der Waals surface area (Å²) < 4.78 is 10.8. The molecule has 0 aliphatic heterocycles.